The van der Waals surface area contributed by atoms with Gasteiger partial charge in [-0.3, -0.25) is 4.79 Å². The molecule has 0 bridgehead atoms. The Morgan fingerprint density at radius 3 is 2.90 bits per heavy atom. The molecule has 1 aliphatic heterocycles. The fourth-order valence-electron chi connectivity index (χ4n) is 2.33. The van der Waals surface area contributed by atoms with Crippen LogP contribution in [0.4, 0.5) is 0 Å². The molecule has 0 radical (unpaired) electrons. The van der Waals surface area contributed by atoms with Crippen molar-refractivity contribution >= 4 is 11.9 Å². The lowest BCUT2D eigenvalue weighted by Crippen LogP contribution is -2.43. The van der Waals surface area contributed by atoms with Gasteiger partial charge in [0.2, 0.25) is 0 Å². The first kappa shape index (κ1) is 14.5. The van der Waals surface area contributed by atoms with Gasteiger partial charge in [0.15, 0.2) is 0 Å². The molecule has 1 amide bonds. The van der Waals surface area contributed by atoms with E-state index in [2.05, 4.69) is 4.98 Å². The zero-order valence-corrected chi connectivity index (χ0v) is 11.4. The number of aromatic carboxylic acids is 1. The highest BCUT2D eigenvalue weighted by atomic mass is 16.5. The normalized spacial score (nSPS) is 18.9. The molecule has 1 aromatic heterocycles. The summed E-state index contributed by atoms with van der Waals surface area (Å²) in [5.74, 6) is -1.37. The number of carbonyl (C=O) groups excluding carboxylic acids is 1. The van der Waals surface area contributed by atoms with E-state index in [1.807, 2.05) is 6.92 Å². The van der Waals surface area contributed by atoms with Crippen molar-refractivity contribution in [3.05, 3.63) is 29.6 Å². The van der Waals surface area contributed by atoms with Crippen LogP contribution >= 0.6 is 0 Å². The number of hydrogen-bond acceptors (Lipinski definition) is 4. The third-order valence-corrected chi connectivity index (χ3v) is 3.26. The summed E-state index contributed by atoms with van der Waals surface area (Å²) in [6, 6.07) is 4.45. The predicted molar refractivity (Wildman–Crippen MR) is 71.7 cm³/mol. The molecule has 0 aromatic carbocycles. The van der Waals surface area contributed by atoms with E-state index < -0.39 is 5.97 Å². The highest BCUT2D eigenvalue weighted by Gasteiger charge is 2.25. The molecule has 108 valence electrons. The average molecular weight is 278 g/mol. The van der Waals surface area contributed by atoms with Crippen molar-refractivity contribution in [1.29, 1.82) is 0 Å². The molecule has 1 aromatic rings. The minimum atomic E-state index is -1.13. The Bertz CT molecular complexity index is 502. The summed E-state index contributed by atoms with van der Waals surface area (Å²) in [6.45, 7) is 3.74. The molecule has 0 aliphatic carbocycles. The van der Waals surface area contributed by atoms with E-state index in [0.29, 0.717) is 19.7 Å². The van der Waals surface area contributed by atoms with E-state index in [0.717, 1.165) is 12.8 Å². The molecule has 6 nitrogen and oxygen atoms in total. The number of piperidine rings is 1. The number of carbonyl (C=O) groups is 2. The van der Waals surface area contributed by atoms with Crippen LogP contribution in [0.3, 0.4) is 0 Å². The van der Waals surface area contributed by atoms with Gasteiger partial charge in [-0.25, -0.2) is 9.78 Å². The quantitative estimate of drug-likeness (QED) is 0.901. The maximum absolute atomic E-state index is 12.3. The topological polar surface area (TPSA) is 79.7 Å². The van der Waals surface area contributed by atoms with Crippen LogP contribution in [0.15, 0.2) is 18.2 Å². The first-order valence-corrected chi connectivity index (χ1v) is 6.73. The Balaban J connectivity index is 2.10. The first-order valence-electron chi connectivity index (χ1n) is 6.73. The van der Waals surface area contributed by atoms with Gasteiger partial charge in [-0.2, -0.15) is 0 Å². The van der Waals surface area contributed by atoms with Gasteiger partial charge in [0.05, 0.1) is 6.10 Å². The van der Waals surface area contributed by atoms with Crippen molar-refractivity contribution in [1.82, 2.24) is 9.88 Å². The minimum Gasteiger partial charge on any atom is -0.477 e. The lowest BCUT2D eigenvalue weighted by atomic mass is 10.1. The van der Waals surface area contributed by atoms with Crippen molar-refractivity contribution in [2.45, 2.75) is 25.9 Å². The standard InChI is InChI=1S/C14H18N2O4/c1-2-20-10-5-4-8-16(9-10)13(17)11-6-3-7-12(15-11)14(18)19/h3,6-7,10H,2,4-5,8-9H2,1H3,(H,18,19). The fourth-order valence-corrected chi connectivity index (χ4v) is 2.33. The van der Waals surface area contributed by atoms with Crippen LogP contribution in [0.5, 0.6) is 0 Å². The lowest BCUT2D eigenvalue weighted by Gasteiger charge is -2.32. The number of ether oxygens (including phenoxy) is 1. The minimum absolute atomic E-state index is 0.0559. The summed E-state index contributed by atoms with van der Waals surface area (Å²) in [6.07, 6.45) is 1.88. The van der Waals surface area contributed by atoms with E-state index in [-0.39, 0.29) is 23.4 Å². The van der Waals surface area contributed by atoms with Gasteiger partial charge in [0.25, 0.3) is 5.91 Å². The van der Waals surface area contributed by atoms with Crippen molar-refractivity contribution in [3.8, 4) is 0 Å². The summed E-state index contributed by atoms with van der Waals surface area (Å²) in [5, 5.41) is 8.91. The molecule has 6 heteroatoms. The zero-order chi connectivity index (χ0) is 14.5. The summed E-state index contributed by atoms with van der Waals surface area (Å²) in [5.41, 5.74) is 0.0521. The number of carboxylic acids is 1. The lowest BCUT2D eigenvalue weighted by molar-refractivity contribution is 0.00702. The second-order valence-corrected chi connectivity index (χ2v) is 4.68. The van der Waals surface area contributed by atoms with Crippen LogP contribution in [-0.2, 0) is 4.74 Å². The average Bonchev–Trinajstić information content (AvgIpc) is 2.47. The number of amides is 1. The summed E-state index contributed by atoms with van der Waals surface area (Å²) in [7, 11) is 0. The first-order chi connectivity index (χ1) is 9.61. The monoisotopic (exact) mass is 278 g/mol. The largest absolute Gasteiger partial charge is 0.477 e. The van der Waals surface area contributed by atoms with Gasteiger partial charge in [0.1, 0.15) is 11.4 Å². The van der Waals surface area contributed by atoms with Crippen LogP contribution in [0.2, 0.25) is 0 Å². The molecule has 2 rings (SSSR count). The van der Waals surface area contributed by atoms with E-state index in [1.54, 1.807) is 11.0 Å². The second-order valence-electron chi connectivity index (χ2n) is 4.68. The second kappa shape index (κ2) is 6.47. The van der Waals surface area contributed by atoms with Gasteiger partial charge >= 0.3 is 5.97 Å². The van der Waals surface area contributed by atoms with Crippen molar-refractivity contribution in [2.24, 2.45) is 0 Å². The highest BCUT2D eigenvalue weighted by molar-refractivity contribution is 5.94. The van der Waals surface area contributed by atoms with Gasteiger partial charge in [-0.05, 0) is 31.9 Å². The van der Waals surface area contributed by atoms with E-state index in [9.17, 15) is 9.59 Å². The van der Waals surface area contributed by atoms with Crippen LogP contribution in [0.1, 0.15) is 40.7 Å². The molecule has 1 fully saturated rings. The molecular formula is C14H18N2O4. The third-order valence-electron chi connectivity index (χ3n) is 3.26. The number of nitrogens with zero attached hydrogens (tertiary/aromatic N) is 2. The Kier molecular flexibility index (Phi) is 4.68. The molecule has 2 heterocycles. The number of carboxylic acid groups (broad SMARTS) is 1. The molecule has 1 aliphatic rings. The van der Waals surface area contributed by atoms with Gasteiger partial charge < -0.3 is 14.7 Å². The van der Waals surface area contributed by atoms with Gasteiger partial charge in [-0.15, -0.1) is 0 Å². The van der Waals surface area contributed by atoms with E-state index in [1.165, 1.54) is 12.1 Å². The van der Waals surface area contributed by atoms with Crippen LogP contribution in [0.25, 0.3) is 0 Å². The Hall–Kier alpha value is -1.95. The SMILES string of the molecule is CCOC1CCCN(C(=O)c2cccc(C(=O)O)n2)C1. The number of likely N-dealkylation sites (tertiary alicyclic amines) is 1. The number of pyridine rings is 1. The molecule has 0 saturated carbocycles. The maximum Gasteiger partial charge on any atom is 0.354 e. The highest BCUT2D eigenvalue weighted by Crippen LogP contribution is 2.15. The Morgan fingerprint density at radius 2 is 2.20 bits per heavy atom. The van der Waals surface area contributed by atoms with Gasteiger partial charge in [0, 0.05) is 19.7 Å². The molecule has 20 heavy (non-hydrogen) atoms. The molecule has 1 N–H and O–H groups in total. The van der Waals surface area contributed by atoms with Crippen molar-refractivity contribution < 1.29 is 19.4 Å². The summed E-state index contributed by atoms with van der Waals surface area (Å²) < 4.78 is 5.55. The Morgan fingerprint density at radius 1 is 1.45 bits per heavy atom. The van der Waals surface area contributed by atoms with Crippen molar-refractivity contribution in [3.63, 3.8) is 0 Å². The number of rotatable bonds is 4. The summed E-state index contributed by atoms with van der Waals surface area (Å²) >= 11 is 0. The maximum atomic E-state index is 12.3. The molecule has 1 unspecified atom stereocenters. The number of aromatic nitrogens is 1. The number of hydrogen-bond donors (Lipinski definition) is 1. The van der Waals surface area contributed by atoms with Gasteiger partial charge in [-0.1, -0.05) is 6.07 Å². The zero-order valence-electron chi connectivity index (χ0n) is 11.4. The fraction of sp³-hybridized carbons (Fsp3) is 0.500. The molecule has 1 atom stereocenters. The van der Waals surface area contributed by atoms with Crippen LogP contribution < -0.4 is 0 Å². The molecular weight excluding hydrogens is 260 g/mol. The van der Waals surface area contributed by atoms with Crippen molar-refractivity contribution in [2.75, 3.05) is 19.7 Å². The van der Waals surface area contributed by atoms with E-state index in [4.69, 9.17) is 9.84 Å². The predicted octanol–water partition coefficient (Wildman–Crippen LogP) is 1.42. The van der Waals surface area contributed by atoms with Crippen LogP contribution in [0, 0.1) is 0 Å². The third kappa shape index (κ3) is 3.33. The smallest absolute Gasteiger partial charge is 0.354 e. The summed E-state index contributed by atoms with van der Waals surface area (Å²) in [4.78, 5) is 28.8. The van der Waals surface area contributed by atoms with E-state index >= 15 is 0 Å². The Labute approximate surface area is 117 Å². The molecule has 0 spiro atoms. The molecule has 1 saturated heterocycles. The van der Waals surface area contributed by atoms with Crippen LogP contribution in [-0.4, -0.2) is 52.7 Å².